The molecule has 84 valence electrons. The fourth-order valence-corrected chi connectivity index (χ4v) is 1.74. The minimum Gasteiger partial charge on any atom is -0.394 e. The maximum absolute atomic E-state index is 5.94. The van der Waals surface area contributed by atoms with Gasteiger partial charge in [-0.2, -0.15) is 5.10 Å². The summed E-state index contributed by atoms with van der Waals surface area (Å²) in [5.74, 6) is 0.400. The molecular formula is C12H16N4. The molecule has 2 aromatic rings. The molecule has 1 aromatic heterocycles. The zero-order chi connectivity index (χ0) is 11.7. The first-order valence-corrected chi connectivity index (χ1v) is 5.32. The number of aromatic nitrogens is 2. The molecule has 0 aliphatic carbocycles. The highest BCUT2D eigenvalue weighted by molar-refractivity contribution is 5.80. The van der Waals surface area contributed by atoms with Crippen molar-refractivity contribution >= 4 is 11.5 Å². The lowest BCUT2D eigenvalue weighted by molar-refractivity contribution is 0.670. The average Bonchev–Trinajstić information content (AvgIpc) is 2.57. The molecule has 16 heavy (non-hydrogen) atoms. The third-order valence-electron chi connectivity index (χ3n) is 2.64. The summed E-state index contributed by atoms with van der Waals surface area (Å²) in [6.07, 6.45) is 0. The van der Waals surface area contributed by atoms with Crippen LogP contribution in [0.15, 0.2) is 24.3 Å². The molecule has 0 saturated heterocycles. The average molecular weight is 216 g/mol. The van der Waals surface area contributed by atoms with Crippen LogP contribution in [0.3, 0.4) is 0 Å². The first-order chi connectivity index (χ1) is 7.63. The Bertz CT molecular complexity index is 496. The van der Waals surface area contributed by atoms with E-state index >= 15 is 0 Å². The summed E-state index contributed by atoms with van der Waals surface area (Å²) in [5.41, 5.74) is 15.4. The molecule has 4 heteroatoms. The van der Waals surface area contributed by atoms with Crippen molar-refractivity contribution in [3.63, 3.8) is 0 Å². The summed E-state index contributed by atoms with van der Waals surface area (Å²) in [6.45, 7) is 4.83. The van der Waals surface area contributed by atoms with Crippen LogP contribution in [0.5, 0.6) is 0 Å². The minimum absolute atomic E-state index is 0.400. The number of nitrogens with two attached hydrogens (primary N) is 2. The van der Waals surface area contributed by atoms with E-state index in [0.29, 0.717) is 11.5 Å². The lowest BCUT2D eigenvalue weighted by Gasteiger charge is -2.06. The van der Waals surface area contributed by atoms with Crippen LogP contribution in [0.25, 0.3) is 11.3 Å². The van der Waals surface area contributed by atoms with Crippen LogP contribution in [0.4, 0.5) is 11.5 Å². The Morgan fingerprint density at radius 2 is 1.81 bits per heavy atom. The van der Waals surface area contributed by atoms with Gasteiger partial charge in [-0.1, -0.05) is 29.8 Å². The fraction of sp³-hybridized carbons (Fsp3) is 0.250. The molecule has 0 atom stereocenters. The SMILES string of the molecule is CCn1nc(N)c(N)c1-c1ccc(C)cc1. The fourth-order valence-electron chi connectivity index (χ4n) is 1.74. The van der Waals surface area contributed by atoms with E-state index in [-0.39, 0.29) is 0 Å². The van der Waals surface area contributed by atoms with E-state index in [2.05, 4.69) is 24.2 Å². The smallest absolute Gasteiger partial charge is 0.169 e. The van der Waals surface area contributed by atoms with Gasteiger partial charge in [0.2, 0.25) is 0 Å². The van der Waals surface area contributed by atoms with Crippen molar-refractivity contribution in [1.29, 1.82) is 0 Å². The van der Waals surface area contributed by atoms with Gasteiger partial charge >= 0.3 is 0 Å². The van der Waals surface area contributed by atoms with E-state index in [1.54, 1.807) is 0 Å². The number of hydrogen-bond donors (Lipinski definition) is 2. The molecule has 0 saturated carbocycles. The Kier molecular flexibility index (Phi) is 2.56. The molecular weight excluding hydrogens is 200 g/mol. The van der Waals surface area contributed by atoms with Crippen molar-refractivity contribution < 1.29 is 0 Å². The summed E-state index contributed by atoms with van der Waals surface area (Å²) in [4.78, 5) is 0. The van der Waals surface area contributed by atoms with E-state index in [1.807, 2.05) is 23.7 Å². The first-order valence-electron chi connectivity index (χ1n) is 5.32. The third kappa shape index (κ3) is 1.62. The lowest BCUT2D eigenvalue weighted by Crippen LogP contribution is -2.00. The van der Waals surface area contributed by atoms with Gasteiger partial charge in [-0.05, 0) is 13.8 Å². The highest BCUT2D eigenvalue weighted by Gasteiger charge is 2.13. The zero-order valence-corrected chi connectivity index (χ0v) is 9.57. The topological polar surface area (TPSA) is 69.9 Å². The van der Waals surface area contributed by atoms with Gasteiger partial charge in [-0.3, -0.25) is 4.68 Å². The van der Waals surface area contributed by atoms with Crippen LogP contribution in [0.2, 0.25) is 0 Å². The van der Waals surface area contributed by atoms with Gasteiger partial charge in [-0.15, -0.1) is 0 Å². The summed E-state index contributed by atoms with van der Waals surface area (Å²) in [7, 11) is 0. The summed E-state index contributed by atoms with van der Waals surface area (Å²) in [6, 6.07) is 8.18. The predicted molar refractivity (Wildman–Crippen MR) is 66.9 cm³/mol. The van der Waals surface area contributed by atoms with Crippen molar-refractivity contribution in [1.82, 2.24) is 9.78 Å². The van der Waals surface area contributed by atoms with Crippen molar-refractivity contribution in [2.24, 2.45) is 0 Å². The van der Waals surface area contributed by atoms with E-state index in [4.69, 9.17) is 11.5 Å². The molecule has 0 amide bonds. The van der Waals surface area contributed by atoms with Crippen molar-refractivity contribution in [2.45, 2.75) is 20.4 Å². The van der Waals surface area contributed by atoms with Crippen LogP contribution < -0.4 is 11.5 Å². The first kappa shape index (κ1) is 10.5. The molecule has 0 fully saturated rings. The molecule has 1 heterocycles. The van der Waals surface area contributed by atoms with Crippen LogP contribution in [-0.4, -0.2) is 9.78 Å². The van der Waals surface area contributed by atoms with Crippen LogP contribution in [0, 0.1) is 6.92 Å². The minimum atomic E-state index is 0.400. The molecule has 0 aliphatic rings. The Morgan fingerprint density at radius 1 is 1.19 bits per heavy atom. The second kappa shape index (κ2) is 3.89. The third-order valence-corrected chi connectivity index (χ3v) is 2.64. The molecule has 4 N–H and O–H groups in total. The Hall–Kier alpha value is -1.97. The van der Waals surface area contributed by atoms with Gasteiger partial charge in [0.05, 0.1) is 5.69 Å². The van der Waals surface area contributed by atoms with E-state index in [1.165, 1.54) is 5.56 Å². The highest BCUT2D eigenvalue weighted by Crippen LogP contribution is 2.30. The van der Waals surface area contributed by atoms with Crippen molar-refractivity contribution in [2.75, 3.05) is 11.5 Å². The Morgan fingerprint density at radius 3 is 2.38 bits per heavy atom. The number of rotatable bonds is 2. The number of hydrogen-bond acceptors (Lipinski definition) is 3. The van der Waals surface area contributed by atoms with Gasteiger partial charge in [-0.25, -0.2) is 0 Å². The largest absolute Gasteiger partial charge is 0.394 e. The summed E-state index contributed by atoms with van der Waals surface area (Å²) >= 11 is 0. The van der Waals surface area contributed by atoms with Crippen LogP contribution >= 0.6 is 0 Å². The standard InChI is InChI=1S/C12H16N4/c1-3-16-11(10(13)12(14)15-16)9-6-4-8(2)5-7-9/h4-7H,3,13H2,1-2H3,(H2,14,15). The second-order valence-electron chi connectivity index (χ2n) is 3.83. The number of anilines is 2. The molecule has 0 bridgehead atoms. The Labute approximate surface area is 94.9 Å². The quantitative estimate of drug-likeness (QED) is 0.807. The number of benzene rings is 1. The molecule has 0 spiro atoms. The van der Waals surface area contributed by atoms with E-state index in [9.17, 15) is 0 Å². The van der Waals surface area contributed by atoms with Gasteiger partial charge in [0, 0.05) is 12.1 Å². The summed E-state index contributed by atoms with van der Waals surface area (Å²) < 4.78 is 1.83. The number of aryl methyl sites for hydroxylation is 2. The van der Waals surface area contributed by atoms with Gasteiger partial charge in [0.25, 0.3) is 0 Å². The molecule has 2 rings (SSSR count). The summed E-state index contributed by atoms with van der Waals surface area (Å²) in [5, 5.41) is 4.20. The lowest BCUT2D eigenvalue weighted by atomic mass is 10.1. The second-order valence-corrected chi connectivity index (χ2v) is 3.83. The molecule has 4 nitrogen and oxygen atoms in total. The van der Waals surface area contributed by atoms with Crippen LogP contribution in [-0.2, 0) is 6.54 Å². The van der Waals surface area contributed by atoms with Gasteiger partial charge < -0.3 is 11.5 Å². The van der Waals surface area contributed by atoms with Gasteiger partial charge in [0.15, 0.2) is 5.82 Å². The number of nitrogens with zero attached hydrogens (tertiary/aromatic N) is 2. The van der Waals surface area contributed by atoms with Crippen molar-refractivity contribution in [3.05, 3.63) is 29.8 Å². The van der Waals surface area contributed by atoms with Crippen LogP contribution in [0.1, 0.15) is 12.5 Å². The molecule has 0 aliphatic heterocycles. The molecule has 1 aromatic carbocycles. The van der Waals surface area contributed by atoms with Crippen molar-refractivity contribution in [3.8, 4) is 11.3 Å². The van der Waals surface area contributed by atoms with E-state index < -0.39 is 0 Å². The highest BCUT2D eigenvalue weighted by atomic mass is 15.3. The Balaban J connectivity index is 2.58. The molecule has 0 radical (unpaired) electrons. The predicted octanol–water partition coefficient (Wildman–Crippen LogP) is 2.04. The normalized spacial score (nSPS) is 10.6. The maximum Gasteiger partial charge on any atom is 0.169 e. The number of nitrogen functional groups attached to an aromatic ring is 2. The zero-order valence-electron chi connectivity index (χ0n) is 9.57. The molecule has 0 unspecified atom stereocenters. The van der Waals surface area contributed by atoms with E-state index in [0.717, 1.165) is 17.8 Å². The maximum atomic E-state index is 5.94. The van der Waals surface area contributed by atoms with Gasteiger partial charge in [0.1, 0.15) is 5.69 Å². The monoisotopic (exact) mass is 216 g/mol.